The van der Waals surface area contributed by atoms with Gasteiger partial charge in [0.25, 0.3) is 0 Å². The van der Waals surface area contributed by atoms with Crippen LogP contribution in [0, 0.1) is 19.3 Å². The van der Waals surface area contributed by atoms with Crippen molar-refractivity contribution in [2.45, 2.75) is 65.4 Å². The zero-order chi connectivity index (χ0) is 13.4. The van der Waals surface area contributed by atoms with Gasteiger partial charge in [-0.1, -0.05) is 43.2 Å². The Morgan fingerprint density at radius 2 is 1.50 bits per heavy atom. The molecule has 1 aromatic carbocycles. The Bertz CT molecular complexity index is 413. The molecule has 1 N–H and O–H groups in total. The van der Waals surface area contributed by atoms with E-state index in [0.717, 1.165) is 31.2 Å². The minimum absolute atomic E-state index is 0.378. The molecule has 1 aliphatic rings. The van der Waals surface area contributed by atoms with Crippen LogP contribution in [0.15, 0.2) is 18.2 Å². The van der Waals surface area contributed by atoms with Crippen LogP contribution >= 0.6 is 0 Å². The van der Waals surface area contributed by atoms with Crippen LogP contribution in [0.3, 0.4) is 0 Å². The number of hydrogen-bond donors (Lipinski definition) is 1. The van der Waals surface area contributed by atoms with E-state index in [1.807, 2.05) is 0 Å². The van der Waals surface area contributed by atoms with Gasteiger partial charge in [-0.25, -0.2) is 0 Å². The number of aryl methyl sites for hydroxylation is 2. The first kappa shape index (κ1) is 13.6. The van der Waals surface area contributed by atoms with Gasteiger partial charge in [-0.2, -0.15) is 0 Å². The second-order valence-electron chi connectivity index (χ2n) is 6.93. The molecule has 1 fully saturated rings. The van der Waals surface area contributed by atoms with E-state index < -0.39 is 5.60 Å². The summed E-state index contributed by atoms with van der Waals surface area (Å²) in [4.78, 5) is 0. The Morgan fingerprint density at radius 1 is 0.889 bits per heavy atom. The van der Waals surface area contributed by atoms with E-state index in [4.69, 9.17) is 0 Å². The molecule has 1 aromatic rings. The van der Waals surface area contributed by atoms with Crippen molar-refractivity contribution in [2.24, 2.45) is 5.41 Å². The first-order valence-electron chi connectivity index (χ1n) is 7.12. The van der Waals surface area contributed by atoms with Crippen LogP contribution < -0.4 is 0 Å². The van der Waals surface area contributed by atoms with Gasteiger partial charge in [0.05, 0.1) is 5.60 Å². The molecule has 1 atom stereocenters. The van der Waals surface area contributed by atoms with Crippen molar-refractivity contribution in [3.05, 3.63) is 34.9 Å². The summed E-state index contributed by atoms with van der Waals surface area (Å²) in [6.45, 7) is 8.86. The highest BCUT2D eigenvalue weighted by Crippen LogP contribution is 2.43. The first-order chi connectivity index (χ1) is 8.31. The summed E-state index contributed by atoms with van der Waals surface area (Å²) in [7, 11) is 0. The summed E-state index contributed by atoms with van der Waals surface area (Å²) in [5.41, 5.74) is 3.40. The Kier molecular flexibility index (Phi) is 3.55. The van der Waals surface area contributed by atoms with Crippen LogP contribution in [0.25, 0.3) is 0 Å². The minimum Gasteiger partial charge on any atom is -0.385 e. The zero-order valence-corrected chi connectivity index (χ0v) is 12.2. The Morgan fingerprint density at radius 3 is 2.11 bits per heavy atom. The van der Waals surface area contributed by atoms with E-state index in [9.17, 15) is 5.11 Å². The summed E-state index contributed by atoms with van der Waals surface area (Å²) < 4.78 is 0. The highest BCUT2D eigenvalue weighted by Gasteiger charge is 2.35. The highest BCUT2D eigenvalue weighted by molar-refractivity contribution is 5.32. The molecule has 0 radical (unpaired) electrons. The quantitative estimate of drug-likeness (QED) is 0.724. The van der Waals surface area contributed by atoms with Crippen LogP contribution in [0.5, 0.6) is 0 Å². The van der Waals surface area contributed by atoms with E-state index >= 15 is 0 Å². The molecule has 1 aliphatic carbocycles. The van der Waals surface area contributed by atoms with Gasteiger partial charge < -0.3 is 5.11 Å². The van der Waals surface area contributed by atoms with Gasteiger partial charge in [-0.3, -0.25) is 0 Å². The Balaban J connectivity index is 2.30. The molecule has 1 heteroatoms. The monoisotopic (exact) mass is 246 g/mol. The molecule has 1 saturated carbocycles. The molecular weight excluding hydrogens is 220 g/mol. The van der Waals surface area contributed by atoms with Gasteiger partial charge >= 0.3 is 0 Å². The number of aliphatic hydroxyl groups is 1. The van der Waals surface area contributed by atoms with E-state index in [2.05, 4.69) is 45.9 Å². The van der Waals surface area contributed by atoms with Crippen LogP contribution in [0.2, 0.25) is 0 Å². The highest BCUT2D eigenvalue weighted by atomic mass is 16.3. The minimum atomic E-state index is -0.607. The maximum atomic E-state index is 11.0. The molecule has 18 heavy (non-hydrogen) atoms. The fourth-order valence-corrected chi connectivity index (χ4v) is 3.19. The van der Waals surface area contributed by atoms with Crippen LogP contribution in [-0.4, -0.2) is 5.11 Å². The molecule has 2 rings (SSSR count). The second-order valence-corrected chi connectivity index (χ2v) is 6.93. The summed E-state index contributed by atoms with van der Waals surface area (Å²) in [6.07, 6.45) is 5.25. The summed E-state index contributed by atoms with van der Waals surface area (Å²) in [5, 5.41) is 11.0. The molecule has 0 aliphatic heterocycles. The SMILES string of the molecule is Cc1cc(C)cc(C2(O)CCCC(C)(C)CC2)c1. The van der Waals surface area contributed by atoms with Crippen molar-refractivity contribution in [3.8, 4) is 0 Å². The van der Waals surface area contributed by atoms with Crippen molar-refractivity contribution in [2.75, 3.05) is 0 Å². The molecule has 0 saturated heterocycles. The van der Waals surface area contributed by atoms with Gasteiger partial charge in [0.1, 0.15) is 0 Å². The largest absolute Gasteiger partial charge is 0.385 e. The third-order valence-electron chi connectivity index (χ3n) is 4.42. The summed E-state index contributed by atoms with van der Waals surface area (Å²) in [5.74, 6) is 0. The third-order valence-corrected chi connectivity index (χ3v) is 4.42. The standard InChI is InChI=1S/C17H26O/c1-13-10-14(2)12-15(11-13)17(18)7-5-6-16(3,4)8-9-17/h10-12,18H,5-9H2,1-4H3. The predicted molar refractivity (Wildman–Crippen MR) is 76.7 cm³/mol. The summed E-state index contributed by atoms with van der Waals surface area (Å²) >= 11 is 0. The lowest BCUT2D eigenvalue weighted by Crippen LogP contribution is -2.25. The average molecular weight is 246 g/mol. The van der Waals surface area contributed by atoms with Crippen molar-refractivity contribution in [3.63, 3.8) is 0 Å². The first-order valence-corrected chi connectivity index (χ1v) is 7.12. The van der Waals surface area contributed by atoms with Crippen LogP contribution in [-0.2, 0) is 5.60 Å². The number of benzene rings is 1. The fourth-order valence-electron chi connectivity index (χ4n) is 3.19. The van der Waals surface area contributed by atoms with Gasteiger partial charge in [0, 0.05) is 0 Å². The molecule has 0 bridgehead atoms. The normalized spacial score (nSPS) is 27.8. The second kappa shape index (κ2) is 4.70. The summed E-state index contributed by atoms with van der Waals surface area (Å²) in [6, 6.07) is 6.49. The van der Waals surface area contributed by atoms with Crippen molar-refractivity contribution >= 4 is 0 Å². The molecular formula is C17H26O. The van der Waals surface area contributed by atoms with E-state index in [-0.39, 0.29) is 0 Å². The van der Waals surface area contributed by atoms with Gasteiger partial charge in [-0.05, 0) is 56.9 Å². The third kappa shape index (κ3) is 2.95. The predicted octanol–water partition coefficient (Wildman–Crippen LogP) is 4.48. The number of hydrogen-bond acceptors (Lipinski definition) is 1. The van der Waals surface area contributed by atoms with Gasteiger partial charge in [-0.15, -0.1) is 0 Å². The molecule has 0 spiro atoms. The molecule has 0 amide bonds. The molecule has 1 nitrogen and oxygen atoms in total. The molecule has 0 heterocycles. The Labute approximate surface area is 111 Å². The molecule has 100 valence electrons. The fraction of sp³-hybridized carbons (Fsp3) is 0.647. The van der Waals surface area contributed by atoms with Crippen molar-refractivity contribution in [1.82, 2.24) is 0 Å². The van der Waals surface area contributed by atoms with E-state index in [1.165, 1.54) is 17.5 Å². The van der Waals surface area contributed by atoms with E-state index in [0.29, 0.717) is 5.41 Å². The number of rotatable bonds is 1. The molecule has 1 unspecified atom stereocenters. The molecule has 0 aromatic heterocycles. The zero-order valence-electron chi connectivity index (χ0n) is 12.2. The lowest BCUT2D eigenvalue weighted by molar-refractivity contribution is 0.0179. The Hall–Kier alpha value is -0.820. The topological polar surface area (TPSA) is 20.2 Å². The van der Waals surface area contributed by atoms with Gasteiger partial charge in [0.2, 0.25) is 0 Å². The van der Waals surface area contributed by atoms with Crippen molar-refractivity contribution < 1.29 is 5.11 Å². The average Bonchev–Trinajstić information content (AvgIpc) is 2.38. The lowest BCUT2D eigenvalue weighted by atomic mass is 9.82. The van der Waals surface area contributed by atoms with Crippen molar-refractivity contribution in [1.29, 1.82) is 0 Å². The van der Waals surface area contributed by atoms with Crippen LogP contribution in [0.1, 0.15) is 62.6 Å². The maximum Gasteiger partial charge on any atom is 0.0897 e. The smallest absolute Gasteiger partial charge is 0.0897 e. The maximum absolute atomic E-state index is 11.0. The van der Waals surface area contributed by atoms with E-state index in [1.54, 1.807) is 0 Å². The lowest BCUT2D eigenvalue weighted by Gasteiger charge is -2.29. The van der Waals surface area contributed by atoms with Gasteiger partial charge in [0.15, 0.2) is 0 Å². The van der Waals surface area contributed by atoms with Crippen LogP contribution in [0.4, 0.5) is 0 Å².